The number of nitrogens with one attached hydrogen (secondary N) is 1. The van der Waals surface area contributed by atoms with Gasteiger partial charge in [-0.2, -0.15) is 0 Å². The lowest BCUT2D eigenvalue weighted by atomic mass is 9.96. The lowest BCUT2D eigenvalue weighted by Gasteiger charge is -2.28. The van der Waals surface area contributed by atoms with Gasteiger partial charge in [0.25, 0.3) is 0 Å². The van der Waals surface area contributed by atoms with Gasteiger partial charge in [0, 0.05) is 30.6 Å². The number of aryl methyl sites for hydroxylation is 1. The van der Waals surface area contributed by atoms with Crippen LogP contribution >= 0.6 is 11.6 Å². The van der Waals surface area contributed by atoms with Gasteiger partial charge in [-0.05, 0) is 43.0 Å². The summed E-state index contributed by atoms with van der Waals surface area (Å²) in [7, 11) is 0. The second kappa shape index (κ2) is 5.06. The molecular formula is C15H20ClNO2. The van der Waals surface area contributed by atoms with Gasteiger partial charge >= 0.3 is 0 Å². The third-order valence-corrected chi connectivity index (χ3v) is 4.73. The van der Waals surface area contributed by atoms with Crippen molar-refractivity contribution in [2.45, 2.75) is 43.9 Å². The average Bonchev–Trinajstić information content (AvgIpc) is 2.92. The molecule has 3 atom stereocenters. The van der Waals surface area contributed by atoms with Crippen molar-refractivity contribution in [2.24, 2.45) is 0 Å². The highest BCUT2D eigenvalue weighted by molar-refractivity contribution is 6.30. The van der Waals surface area contributed by atoms with E-state index in [9.17, 15) is 5.11 Å². The molecule has 4 heteroatoms. The zero-order chi connectivity index (χ0) is 13.5. The Bertz CT molecular complexity index is 479. The van der Waals surface area contributed by atoms with E-state index in [1.165, 1.54) is 11.1 Å². The molecule has 3 rings (SSSR count). The van der Waals surface area contributed by atoms with Crippen molar-refractivity contribution in [1.29, 1.82) is 0 Å². The first-order valence-corrected chi connectivity index (χ1v) is 7.32. The average molecular weight is 282 g/mol. The zero-order valence-electron chi connectivity index (χ0n) is 11.2. The Balaban J connectivity index is 1.67. The van der Waals surface area contributed by atoms with Gasteiger partial charge in [0.15, 0.2) is 0 Å². The first-order chi connectivity index (χ1) is 9.08. The number of fused-ring (bicyclic) bond motifs is 1. The number of aliphatic hydroxyl groups is 1. The minimum absolute atomic E-state index is 0.0916. The van der Waals surface area contributed by atoms with Crippen molar-refractivity contribution in [2.75, 3.05) is 13.2 Å². The van der Waals surface area contributed by atoms with Crippen LogP contribution in [0, 0.1) is 0 Å². The van der Waals surface area contributed by atoms with Crippen molar-refractivity contribution >= 4 is 11.6 Å². The molecule has 0 bridgehead atoms. The lowest BCUT2D eigenvalue weighted by Crippen LogP contribution is -2.46. The summed E-state index contributed by atoms with van der Waals surface area (Å²) in [6, 6.07) is 6.41. The minimum Gasteiger partial charge on any atom is -0.386 e. The summed E-state index contributed by atoms with van der Waals surface area (Å²) in [6.45, 7) is 3.17. The fourth-order valence-corrected chi connectivity index (χ4v) is 3.30. The molecule has 1 aromatic carbocycles. The van der Waals surface area contributed by atoms with E-state index < -0.39 is 5.60 Å². The summed E-state index contributed by atoms with van der Waals surface area (Å²) in [5.74, 6) is 0. The van der Waals surface area contributed by atoms with Crippen molar-refractivity contribution in [1.82, 2.24) is 5.32 Å². The number of benzene rings is 1. The first kappa shape index (κ1) is 13.4. The van der Waals surface area contributed by atoms with Crippen LogP contribution in [0.15, 0.2) is 18.2 Å². The van der Waals surface area contributed by atoms with Gasteiger partial charge in [0.1, 0.15) is 5.60 Å². The molecule has 1 heterocycles. The standard InChI is InChI=1S/C15H20ClNO2/c1-10-15(18,6-7-19-10)9-17-14-5-2-11-8-12(16)3-4-13(11)14/h3-4,8,10,14,17-18H,2,5-7,9H2,1H3. The van der Waals surface area contributed by atoms with Crippen LogP contribution < -0.4 is 5.32 Å². The van der Waals surface area contributed by atoms with Gasteiger partial charge in [-0.25, -0.2) is 0 Å². The van der Waals surface area contributed by atoms with Crippen molar-refractivity contribution < 1.29 is 9.84 Å². The van der Waals surface area contributed by atoms with Crippen LogP contribution in [0.2, 0.25) is 5.02 Å². The van der Waals surface area contributed by atoms with E-state index in [2.05, 4.69) is 17.4 Å². The second-order valence-corrected chi connectivity index (χ2v) is 6.12. The van der Waals surface area contributed by atoms with Gasteiger partial charge in [-0.15, -0.1) is 0 Å². The second-order valence-electron chi connectivity index (χ2n) is 5.68. The summed E-state index contributed by atoms with van der Waals surface area (Å²) in [4.78, 5) is 0. The molecular weight excluding hydrogens is 262 g/mol. The molecule has 0 spiro atoms. The topological polar surface area (TPSA) is 41.5 Å². The molecule has 1 aliphatic heterocycles. The third-order valence-electron chi connectivity index (χ3n) is 4.50. The van der Waals surface area contributed by atoms with Gasteiger partial charge in [0.05, 0.1) is 6.10 Å². The van der Waals surface area contributed by atoms with Gasteiger partial charge in [-0.1, -0.05) is 17.7 Å². The molecule has 2 N–H and O–H groups in total. The fourth-order valence-electron chi connectivity index (χ4n) is 3.10. The number of rotatable bonds is 3. The van der Waals surface area contributed by atoms with Crippen LogP contribution in [-0.2, 0) is 11.2 Å². The van der Waals surface area contributed by atoms with Gasteiger partial charge in [0.2, 0.25) is 0 Å². The lowest BCUT2D eigenvalue weighted by molar-refractivity contribution is -0.0276. The molecule has 1 fully saturated rings. The van der Waals surface area contributed by atoms with E-state index >= 15 is 0 Å². The fraction of sp³-hybridized carbons (Fsp3) is 0.600. The summed E-state index contributed by atoms with van der Waals surface area (Å²) in [5, 5.41) is 14.8. The summed E-state index contributed by atoms with van der Waals surface area (Å²) >= 11 is 6.02. The molecule has 19 heavy (non-hydrogen) atoms. The van der Waals surface area contributed by atoms with Crippen LogP contribution in [-0.4, -0.2) is 30.0 Å². The monoisotopic (exact) mass is 281 g/mol. The molecule has 0 saturated carbocycles. The molecule has 3 unspecified atom stereocenters. The molecule has 3 nitrogen and oxygen atoms in total. The Morgan fingerprint density at radius 3 is 3.11 bits per heavy atom. The molecule has 104 valence electrons. The minimum atomic E-state index is -0.727. The van der Waals surface area contributed by atoms with E-state index in [0.29, 0.717) is 25.6 Å². The molecule has 0 aromatic heterocycles. The maximum absolute atomic E-state index is 10.5. The number of ether oxygens (including phenoxy) is 1. The normalized spacial score (nSPS) is 33.6. The van der Waals surface area contributed by atoms with Crippen molar-refractivity contribution in [3.8, 4) is 0 Å². The SMILES string of the molecule is CC1OCCC1(O)CNC1CCc2cc(Cl)ccc21. The smallest absolute Gasteiger partial charge is 0.105 e. The summed E-state index contributed by atoms with van der Waals surface area (Å²) in [5.41, 5.74) is 1.92. The molecule has 1 aliphatic carbocycles. The van der Waals surface area contributed by atoms with Crippen molar-refractivity contribution in [3.63, 3.8) is 0 Å². The first-order valence-electron chi connectivity index (χ1n) is 6.94. The van der Waals surface area contributed by atoms with Crippen molar-refractivity contribution in [3.05, 3.63) is 34.3 Å². The predicted molar refractivity (Wildman–Crippen MR) is 75.5 cm³/mol. The van der Waals surface area contributed by atoms with Crippen LogP contribution in [0.5, 0.6) is 0 Å². The largest absolute Gasteiger partial charge is 0.386 e. The van der Waals surface area contributed by atoms with Gasteiger partial charge < -0.3 is 15.2 Å². The molecule has 0 amide bonds. The maximum atomic E-state index is 10.5. The Kier molecular flexibility index (Phi) is 3.56. The third kappa shape index (κ3) is 2.52. The Morgan fingerprint density at radius 2 is 2.37 bits per heavy atom. The molecule has 1 saturated heterocycles. The molecule has 0 radical (unpaired) electrons. The van der Waals surface area contributed by atoms with E-state index in [4.69, 9.17) is 16.3 Å². The molecule has 2 aliphatic rings. The summed E-state index contributed by atoms with van der Waals surface area (Å²) < 4.78 is 5.46. The Morgan fingerprint density at radius 1 is 1.53 bits per heavy atom. The summed E-state index contributed by atoms with van der Waals surface area (Å²) in [6.07, 6.45) is 2.74. The Labute approximate surface area is 118 Å². The maximum Gasteiger partial charge on any atom is 0.105 e. The number of hydrogen-bond donors (Lipinski definition) is 2. The highest BCUT2D eigenvalue weighted by Crippen LogP contribution is 2.34. The molecule has 1 aromatic rings. The quantitative estimate of drug-likeness (QED) is 0.894. The van der Waals surface area contributed by atoms with E-state index in [-0.39, 0.29) is 6.10 Å². The highest BCUT2D eigenvalue weighted by atomic mass is 35.5. The van der Waals surface area contributed by atoms with E-state index in [0.717, 1.165) is 17.9 Å². The zero-order valence-corrected chi connectivity index (χ0v) is 11.9. The van der Waals surface area contributed by atoms with Crippen LogP contribution in [0.1, 0.15) is 36.9 Å². The highest BCUT2D eigenvalue weighted by Gasteiger charge is 2.40. The Hall–Kier alpha value is -0.610. The number of hydrogen-bond acceptors (Lipinski definition) is 3. The van der Waals surface area contributed by atoms with E-state index in [1.807, 2.05) is 13.0 Å². The van der Waals surface area contributed by atoms with Crippen LogP contribution in [0.4, 0.5) is 0 Å². The van der Waals surface area contributed by atoms with Crippen LogP contribution in [0.25, 0.3) is 0 Å². The van der Waals surface area contributed by atoms with E-state index in [1.54, 1.807) is 0 Å². The number of halogens is 1. The predicted octanol–water partition coefficient (Wildman–Crippen LogP) is 2.46. The van der Waals surface area contributed by atoms with Crippen LogP contribution in [0.3, 0.4) is 0 Å². The van der Waals surface area contributed by atoms with Gasteiger partial charge in [-0.3, -0.25) is 0 Å².